The van der Waals surface area contributed by atoms with Crippen molar-refractivity contribution in [2.75, 3.05) is 119 Å². The molecule has 10 heterocycles. The summed E-state index contributed by atoms with van der Waals surface area (Å²) in [6.45, 7) is 25.8. The Hall–Kier alpha value is -7.05. The normalized spacial score (nSPS) is 21.7. The van der Waals surface area contributed by atoms with E-state index in [9.17, 15) is 31.1 Å². The number of aromatic nitrogens is 6. The van der Waals surface area contributed by atoms with E-state index in [0.717, 1.165) is 94.0 Å². The second-order valence-electron chi connectivity index (χ2n) is 20.8. The van der Waals surface area contributed by atoms with Crippen LogP contribution in [0.3, 0.4) is 0 Å². The lowest BCUT2D eigenvalue weighted by Gasteiger charge is -2.41. The molecule has 4 aromatic rings. The molecule has 18 nitrogen and oxygen atoms in total. The number of hydrogen-bond donors (Lipinski definition) is 0. The van der Waals surface area contributed by atoms with Gasteiger partial charge in [-0.1, -0.05) is 14.0 Å². The van der Waals surface area contributed by atoms with Crippen molar-refractivity contribution in [2.45, 2.75) is 102 Å². The lowest BCUT2D eigenvalue weighted by Crippen LogP contribution is -2.56. The summed E-state index contributed by atoms with van der Waals surface area (Å²) in [5, 5.41) is 0. The van der Waals surface area contributed by atoms with Gasteiger partial charge < -0.3 is 53.5 Å². The van der Waals surface area contributed by atoms with Crippen LogP contribution in [0.4, 0.5) is 49.4 Å². The fourth-order valence-corrected chi connectivity index (χ4v) is 11.6. The number of rotatable bonds is 13. The molecular weight excluding hydrogens is 1030 g/mol. The molecular formula is C55H69F6N15O3. The highest BCUT2D eigenvalue weighted by Crippen LogP contribution is 2.41. The number of hydrogen-bond acceptors (Lipinski definition) is 15. The number of piperidine rings is 1. The van der Waals surface area contributed by atoms with Crippen molar-refractivity contribution < 1.29 is 40.6 Å². The van der Waals surface area contributed by atoms with Crippen LogP contribution in [0.15, 0.2) is 49.6 Å². The first-order chi connectivity index (χ1) is 37.5. The predicted octanol–water partition coefficient (Wildman–Crippen LogP) is 7.75. The molecule has 79 heavy (non-hydrogen) atoms. The van der Waals surface area contributed by atoms with Crippen molar-refractivity contribution in [3.05, 3.63) is 106 Å². The molecule has 6 aliphatic rings. The molecule has 0 N–H and O–H groups in total. The quantitative estimate of drug-likeness (QED) is 0.0731. The fourth-order valence-electron chi connectivity index (χ4n) is 11.6. The van der Waals surface area contributed by atoms with Gasteiger partial charge in [-0.3, -0.25) is 14.8 Å². The molecule has 0 radical (unpaired) electrons. The van der Waals surface area contributed by atoms with E-state index in [4.69, 9.17) is 42.6 Å². The lowest BCUT2D eigenvalue weighted by atomic mass is 9.96. The van der Waals surface area contributed by atoms with Crippen molar-refractivity contribution in [1.29, 1.82) is 0 Å². The van der Waals surface area contributed by atoms with Crippen LogP contribution in [0, 0.1) is 19.1 Å². The molecule has 10 rings (SSSR count). The average molecular weight is 1100 g/mol. The summed E-state index contributed by atoms with van der Waals surface area (Å²) in [5.41, 5.74) is 1.75. The fraction of sp³-hybridized carbons (Fsp3) is 0.582. The van der Waals surface area contributed by atoms with Crippen LogP contribution in [-0.4, -0.2) is 168 Å². The third-order valence-corrected chi connectivity index (χ3v) is 15.8. The Morgan fingerprint density at radius 1 is 0.658 bits per heavy atom. The van der Waals surface area contributed by atoms with Crippen LogP contribution in [-0.2, 0) is 43.1 Å². The number of alkyl halides is 6. The van der Waals surface area contributed by atoms with Gasteiger partial charge in [-0.2, -0.15) is 46.3 Å². The summed E-state index contributed by atoms with van der Waals surface area (Å²) < 4.78 is 94.7. The lowest BCUT2D eigenvalue weighted by molar-refractivity contribution is -0.138. The first-order valence-electron chi connectivity index (χ1n) is 26.6. The van der Waals surface area contributed by atoms with Crippen LogP contribution in [0.2, 0.25) is 0 Å². The molecule has 4 fully saturated rings. The number of nitrogens with zero attached hydrogens (tertiary/aromatic N) is 15. The molecule has 24 heteroatoms. The summed E-state index contributed by atoms with van der Waals surface area (Å²) in [6, 6.07) is 3.43. The predicted molar refractivity (Wildman–Crippen MR) is 287 cm³/mol. The van der Waals surface area contributed by atoms with E-state index < -0.39 is 23.5 Å². The van der Waals surface area contributed by atoms with Crippen LogP contribution in [0.25, 0.3) is 9.69 Å². The molecule has 0 spiro atoms. The molecule has 4 saturated heterocycles. The molecule has 2 unspecified atom stereocenters. The number of likely N-dealkylation sites (tertiary alicyclic amines) is 2. The molecule has 424 valence electrons. The number of piperazine rings is 1. The van der Waals surface area contributed by atoms with E-state index in [1.54, 1.807) is 14.7 Å². The van der Waals surface area contributed by atoms with E-state index in [0.29, 0.717) is 88.6 Å². The third kappa shape index (κ3) is 13.5. The van der Waals surface area contributed by atoms with Gasteiger partial charge in [0, 0.05) is 99.7 Å². The second-order valence-corrected chi connectivity index (χ2v) is 20.8. The van der Waals surface area contributed by atoms with Gasteiger partial charge in [-0.05, 0) is 96.8 Å². The largest absolute Gasteiger partial charge is 0.462 e. The minimum absolute atomic E-state index is 0. The number of anilines is 4. The zero-order valence-corrected chi connectivity index (χ0v) is 44.0. The topological polar surface area (TPSA) is 144 Å². The number of pyridine rings is 2. The van der Waals surface area contributed by atoms with Gasteiger partial charge in [0.2, 0.25) is 19.0 Å². The second kappa shape index (κ2) is 25.4. The first kappa shape index (κ1) is 58.1. The maximum atomic E-state index is 13.8. The van der Waals surface area contributed by atoms with Crippen LogP contribution < -0.4 is 29.1 Å². The smallest absolute Gasteiger partial charge is 0.419 e. The van der Waals surface area contributed by atoms with E-state index in [1.165, 1.54) is 30.6 Å². The van der Waals surface area contributed by atoms with Gasteiger partial charge in [-0.25, -0.2) is 13.1 Å². The van der Waals surface area contributed by atoms with Crippen molar-refractivity contribution >= 4 is 28.9 Å². The Morgan fingerprint density at radius 2 is 1.15 bits per heavy atom. The van der Waals surface area contributed by atoms with Crippen molar-refractivity contribution in [3.63, 3.8) is 0 Å². The summed E-state index contributed by atoms with van der Waals surface area (Å²) in [5.74, 6) is 1.51. The minimum Gasteiger partial charge on any atom is -0.462 e. The number of fused-ring (bicyclic) bond motifs is 2. The number of carbonyl (C=O) groups is 1. The van der Waals surface area contributed by atoms with E-state index in [2.05, 4.69) is 48.0 Å². The molecule has 0 bridgehead atoms. The summed E-state index contributed by atoms with van der Waals surface area (Å²) in [6.07, 6.45) is 3.91. The van der Waals surface area contributed by atoms with Crippen LogP contribution in [0.1, 0.15) is 79.6 Å². The zero-order valence-electron chi connectivity index (χ0n) is 44.0. The van der Waals surface area contributed by atoms with Crippen molar-refractivity contribution in [1.82, 2.24) is 44.6 Å². The molecule has 0 aromatic carbocycles. The number of amides is 1. The monoisotopic (exact) mass is 1100 g/mol. The number of carbonyl (C=O) groups excluding carboxylic acids is 1. The van der Waals surface area contributed by atoms with Gasteiger partial charge in [0.1, 0.15) is 30.9 Å². The highest BCUT2D eigenvalue weighted by molar-refractivity contribution is 5.87. The van der Waals surface area contributed by atoms with E-state index in [-0.39, 0.29) is 74.4 Å². The standard InChI is InChI=1S/C28H33F3N8O2.C26H32F3N7O.CH4/c1-4-25(40)39-13-12-38(16-20(39)14-32-2)26-21-8-11-37(24-7-9-33-15-22(24)28(29,30)31)17-23(21)34-27(35-26)41-18-19-6-5-10-36(19)3;1-30-13-18-5-3-11-36(15-18)24-20-8-12-35(23-7-9-31-14-21(23)26(27,28)29)16-22(20)32-25(33-24)37-17-19-6-4-10-34(19)2;/h4,7,9,15,19-20H,1,5-6,8,10-14,16-18H2,3H3;7,9,14,18-19H,3-6,8,10-13,15-17H2,2H3;1H4/t19-,20?;18?,19-;/m00./s1. The Kier molecular flexibility index (Phi) is 18.7. The average Bonchev–Trinajstić information content (AvgIpc) is 4.12. The van der Waals surface area contributed by atoms with E-state index >= 15 is 0 Å². The van der Waals surface area contributed by atoms with Crippen LogP contribution in [0.5, 0.6) is 12.0 Å². The summed E-state index contributed by atoms with van der Waals surface area (Å²) >= 11 is 0. The minimum atomic E-state index is -4.54. The van der Waals surface area contributed by atoms with E-state index in [1.807, 2.05) is 11.9 Å². The Labute approximate surface area is 458 Å². The Balaban J connectivity index is 0.000000206. The number of likely N-dealkylation sites (N-methyl/N-ethyl adjacent to an activating group) is 2. The Bertz CT molecular complexity index is 2860. The summed E-state index contributed by atoms with van der Waals surface area (Å²) in [7, 11) is 4.13. The van der Waals surface area contributed by atoms with Gasteiger partial charge in [0.15, 0.2) is 0 Å². The Morgan fingerprint density at radius 3 is 1.61 bits per heavy atom. The van der Waals surface area contributed by atoms with Gasteiger partial charge in [0.05, 0.1) is 47.0 Å². The maximum absolute atomic E-state index is 13.8. The summed E-state index contributed by atoms with van der Waals surface area (Å²) in [4.78, 5) is 59.8. The van der Waals surface area contributed by atoms with Gasteiger partial charge >= 0.3 is 24.4 Å². The van der Waals surface area contributed by atoms with Crippen molar-refractivity contribution in [2.24, 2.45) is 5.92 Å². The first-order valence-corrected chi connectivity index (χ1v) is 26.6. The number of ether oxygens (including phenoxy) is 2. The van der Waals surface area contributed by atoms with Crippen LogP contribution >= 0.6 is 0 Å². The number of halogens is 6. The molecule has 4 atom stereocenters. The zero-order chi connectivity index (χ0) is 55.1. The molecule has 4 aromatic heterocycles. The van der Waals surface area contributed by atoms with Crippen molar-refractivity contribution in [3.8, 4) is 12.0 Å². The van der Waals surface area contributed by atoms with Gasteiger partial charge in [0.25, 0.3) is 0 Å². The highest BCUT2D eigenvalue weighted by Gasteiger charge is 2.40. The molecule has 6 aliphatic heterocycles. The molecule has 0 saturated carbocycles. The highest BCUT2D eigenvalue weighted by atomic mass is 19.4. The molecule has 1 amide bonds. The maximum Gasteiger partial charge on any atom is 0.419 e. The SMILES string of the molecule is C.[C-]#[N+]CC1CCCN(c2nc(OC[C@@H]3CCCN3C)nc3c2CCN(c2ccncc2C(F)(F)F)C3)C1.[C-]#[N+]CC1CN(c2nc(OC[C@@H]3CCCN3C)nc3c2CCN(c2ccncc2C(F)(F)F)C3)CCN1C(=O)C=C. The molecule has 0 aliphatic carbocycles. The van der Waals surface area contributed by atoms with Gasteiger partial charge in [-0.15, -0.1) is 0 Å². The third-order valence-electron chi connectivity index (χ3n) is 15.8.